The van der Waals surface area contributed by atoms with Crippen LogP contribution in [0.5, 0.6) is 0 Å². The van der Waals surface area contributed by atoms with E-state index in [4.69, 9.17) is 5.11 Å². The number of carbonyl (C=O) groups is 2. The average Bonchev–Trinajstić information content (AvgIpc) is 2.46. The van der Waals surface area contributed by atoms with E-state index in [1.54, 1.807) is 13.1 Å². The lowest BCUT2D eigenvalue weighted by Crippen LogP contribution is -2.39. The van der Waals surface area contributed by atoms with Crippen LogP contribution >= 0.6 is 0 Å². The van der Waals surface area contributed by atoms with E-state index < -0.39 is 5.97 Å². The predicted octanol–water partition coefficient (Wildman–Crippen LogP) is 1.66. The number of carboxylic acid groups (broad SMARTS) is 1. The quantitative estimate of drug-likeness (QED) is 0.881. The lowest BCUT2D eigenvalue weighted by atomic mass is 9.95. The first kappa shape index (κ1) is 14.4. The van der Waals surface area contributed by atoms with Crippen LogP contribution in [0.15, 0.2) is 18.2 Å². The van der Waals surface area contributed by atoms with E-state index >= 15 is 0 Å². The van der Waals surface area contributed by atoms with Crippen molar-refractivity contribution in [1.82, 2.24) is 5.32 Å². The highest BCUT2D eigenvalue weighted by Crippen LogP contribution is 2.25. The summed E-state index contributed by atoms with van der Waals surface area (Å²) in [6.45, 7) is 3.46. The predicted molar refractivity (Wildman–Crippen MR) is 77.1 cm³/mol. The summed E-state index contributed by atoms with van der Waals surface area (Å²) in [5.74, 6) is -0.690. The number of nitrogens with zero attached hydrogens (tertiary/aromatic N) is 1. The largest absolute Gasteiger partial charge is 0.478 e. The number of hydrogen-bond donors (Lipinski definition) is 2. The summed E-state index contributed by atoms with van der Waals surface area (Å²) in [4.78, 5) is 24.8. The summed E-state index contributed by atoms with van der Waals surface area (Å²) in [6.07, 6.45) is 1.67. The highest BCUT2D eigenvalue weighted by Gasteiger charge is 2.24. The molecule has 0 atom stereocenters. The van der Waals surface area contributed by atoms with E-state index in [-0.39, 0.29) is 11.8 Å². The summed E-state index contributed by atoms with van der Waals surface area (Å²) in [7, 11) is 1.67. The van der Waals surface area contributed by atoms with Crippen molar-refractivity contribution >= 4 is 17.6 Å². The van der Waals surface area contributed by atoms with Crippen molar-refractivity contribution in [2.45, 2.75) is 19.8 Å². The lowest BCUT2D eigenvalue weighted by Gasteiger charge is -2.33. The van der Waals surface area contributed by atoms with E-state index in [1.165, 1.54) is 0 Å². The number of nitrogens with one attached hydrogen (secondary N) is 1. The minimum Gasteiger partial charge on any atom is -0.478 e. The Morgan fingerprint density at radius 3 is 2.45 bits per heavy atom. The van der Waals surface area contributed by atoms with Crippen LogP contribution in [-0.2, 0) is 4.79 Å². The summed E-state index contributed by atoms with van der Waals surface area (Å²) in [5.41, 5.74) is 2.14. The molecule has 0 aromatic heterocycles. The SMILES string of the molecule is CNC(=O)C1CCN(c2ccc(C(=O)O)c(C)c2)CC1. The first-order chi connectivity index (χ1) is 9.52. The summed E-state index contributed by atoms with van der Waals surface area (Å²) in [5, 5.41) is 11.7. The number of anilines is 1. The molecule has 0 radical (unpaired) electrons. The van der Waals surface area contributed by atoms with Gasteiger partial charge in [0, 0.05) is 31.7 Å². The van der Waals surface area contributed by atoms with Crippen LogP contribution in [0, 0.1) is 12.8 Å². The molecule has 1 aliphatic rings. The van der Waals surface area contributed by atoms with Crippen molar-refractivity contribution < 1.29 is 14.7 Å². The number of piperidine rings is 1. The number of carbonyl (C=O) groups excluding carboxylic acids is 1. The Bertz CT molecular complexity index is 520. The van der Waals surface area contributed by atoms with Crippen molar-refractivity contribution in [3.05, 3.63) is 29.3 Å². The Morgan fingerprint density at radius 2 is 1.95 bits per heavy atom. The van der Waals surface area contributed by atoms with E-state index in [0.29, 0.717) is 5.56 Å². The lowest BCUT2D eigenvalue weighted by molar-refractivity contribution is -0.125. The second-order valence-electron chi connectivity index (χ2n) is 5.18. The van der Waals surface area contributed by atoms with Gasteiger partial charge in [-0.3, -0.25) is 4.79 Å². The molecule has 1 aliphatic heterocycles. The maximum atomic E-state index is 11.6. The molecule has 5 nitrogen and oxygen atoms in total. The molecule has 1 aromatic carbocycles. The van der Waals surface area contributed by atoms with Gasteiger partial charge in [0.25, 0.3) is 0 Å². The van der Waals surface area contributed by atoms with Crippen LogP contribution < -0.4 is 10.2 Å². The van der Waals surface area contributed by atoms with Gasteiger partial charge in [0.2, 0.25) is 5.91 Å². The fourth-order valence-electron chi connectivity index (χ4n) is 2.69. The average molecular weight is 276 g/mol. The second kappa shape index (κ2) is 5.94. The molecular weight excluding hydrogens is 256 g/mol. The van der Waals surface area contributed by atoms with Crippen LogP contribution in [0.25, 0.3) is 0 Å². The molecule has 1 amide bonds. The molecule has 1 aromatic rings. The molecule has 5 heteroatoms. The van der Waals surface area contributed by atoms with Crippen molar-refractivity contribution in [3.63, 3.8) is 0 Å². The van der Waals surface area contributed by atoms with Crippen LogP contribution in [0.3, 0.4) is 0 Å². The molecule has 1 saturated heterocycles. The van der Waals surface area contributed by atoms with Crippen molar-refractivity contribution in [1.29, 1.82) is 0 Å². The number of benzene rings is 1. The zero-order valence-electron chi connectivity index (χ0n) is 11.8. The Balaban J connectivity index is 2.06. The fraction of sp³-hybridized carbons (Fsp3) is 0.467. The summed E-state index contributed by atoms with van der Waals surface area (Å²) in [6, 6.07) is 5.40. The minimum atomic E-state index is -0.896. The number of aryl methyl sites for hydroxylation is 1. The highest BCUT2D eigenvalue weighted by atomic mass is 16.4. The molecule has 2 rings (SSSR count). The van der Waals surface area contributed by atoms with Crippen molar-refractivity contribution in [3.8, 4) is 0 Å². The Labute approximate surface area is 118 Å². The molecule has 0 spiro atoms. The monoisotopic (exact) mass is 276 g/mol. The van der Waals surface area contributed by atoms with Gasteiger partial charge in [-0.15, -0.1) is 0 Å². The van der Waals surface area contributed by atoms with Crippen molar-refractivity contribution in [2.75, 3.05) is 25.0 Å². The van der Waals surface area contributed by atoms with Gasteiger partial charge in [-0.25, -0.2) is 4.79 Å². The maximum Gasteiger partial charge on any atom is 0.335 e. The van der Waals surface area contributed by atoms with Gasteiger partial charge in [0.1, 0.15) is 0 Å². The molecule has 1 fully saturated rings. The van der Waals surface area contributed by atoms with Crippen molar-refractivity contribution in [2.24, 2.45) is 5.92 Å². The fourth-order valence-corrected chi connectivity index (χ4v) is 2.69. The van der Waals surface area contributed by atoms with Gasteiger partial charge < -0.3 is 15.3 Å². The number of aromatic carboxylic acids is 1. The third-order valence-corrected chi connectivity index (χ3v) is 3.92. The third-order valence-electron chi connectivity index (χ3n) is 3.92. The number of rotatable bonds is 3. The first-order valence-corrected chi connectivity index (χ1v) is 6.83. The van der Waals surface area contributed by atoms with Gasteiger partial charge in [-0.05, 0) is 43.5 Å². The normalized spacial score (nSPS) is 16.0. The molecular formula is C15H20N2O3. The van der Waals surface area contributed by atoms with Gasteiger partial charge in [0.05, 0.1) is 5.56 Å². The van der Waals surface area contributed by atoms with Gasteiger partial charge in [0.15, 0.2) is 0 Å². The van der Waals surface area contributed by atoms with Crippen LogP contribution in [0.1, 0.15) is 28.8 Å². The first-order valence-electron chi connectivity index (χ1n) is 6.83. The number of carboxylic acids is 1. The smallest absolute Gasteiger partial charge is 0.335 e. The van der Waals surface area contributed by atoms with E-state index in [0.717, 1.165) is 37.2 Å². The second-order valence-corrected chi connectivity index (χ2v) is 5.18. The molecule has 108 valence electrons. The third kappa shape index (κ3) is 2.92. The van der Waals surface area contributed by atoms with E-state index in [2.05, 4.69) is 10.2 Å². The Kier molecular flexibility index (Phi) is 4.27. The van der Waals surface area contributed by atoms with Gasteiger partial charge in [-0.2, -0.15) is 0 Å². The molecule has 0 bridgehead atoms. The topological polar surface area (TPSA) is 69.6 Å². The number of amides is 1. The molecule has 0 saturated carbocycles. The molecule has 0 aliphatic carbocycles. The van der Waals surface area contributed by atoms with E-state index in [9.17, 15) is 9.59 Å². The number of hydrogen-bond acceptors (Lipinski definition) is 3. The Hall–Kier alpha value is -2.04. The zero-order valence-corrected chi connectivity index (χ0v) is 11.8. The molecule has 20 heavy (non-hydrogen) atoms. The van der Waals surface area contributed by atoms with Gasteiger partial charge >= 0.3 is 5.97 Å². The zero-order chi connectivity index (χ0) is 14.7. The summed E-state index contributed by atoms with van der Waals surface area (Å²) >= 11 is 0. The van der Waals surface area contributed by atoms with E-state index in [1.807, 2.05) is 19.1 Å². The van der Waals surface area contributed by atoms with Crippen LogP contribution in [0.2, 0.25) is 0 Å². The Morgan fingerprint density at radius 1 is 1.30 bits per heavy atom. The molecule has 0 unspecified atom stereocenters. The minimum absolute atomic E-state index is 0.0932. The maximum absolute atomic E-state index is 11.6. The van der Waals surface area contributed by atoms with Gasteiger partial charge in [-0.1, -0.05) is 0 Å². The highest BCUT2D eigenvalue weighted by molar-refractivity contribution is 5.90. The van der Waals surface area contributed by atoms with Crippen LogP contribution in [-0.4, -0.2) is 37.1 Å². The standard InChI is InChI=1S/C15H20N2O3/c1-10-9-12(3-4-13(10)15(19)20)17-7-5-11(6-8-17)14(18)16-2/h3-4,9,11H,5-8H2,1-2H3,(H,16,18)(H,19,20). The molecule has 2 N–H and O–H groups in total. The summed E-state index contributed by atoms with van der Waals surface area (Å²) < 4.78 is 0. The molecule has 1 heterocycles. The van der Waals surface area contributed by atoms with Crippen LogP contribution in [0.4, 0.5) is 5.69 Å².